The third-order valence-electron chi connectivity index (χ3n) is 2.21. The summed E-state index contributed by atoms with van der Waals surface area (Å²) in [5.74, 6) is -1.95. The lowest BCUT2D eigenvalue weighted by Crippen LogP contribution is -2.33. The largest absolute Gasteiger partial charge is 0.478 e. The van der Waals surface area contributed by atoms with Crippen molar-refractivity contribution in [1.29, 1.82) is 0 Å². The standard InChI is InChI=1S/C10H13N3O5S/c1-11-19(17,18)5-4-12-9(14)8-3-2-7(6-13-8)10(15)16/h2-3,6,11H,4-5H2,1H3,(H,12,14)(H,15,16). The second-order valence-corrected chi connectivity index (χ2v) is 5.56. The Bertz CT molecular complexity index is 567. The monoisotopic (exact) mass is 287 g/mol. The first kappa shape index (κ1) is 15.1. The number of pyridine rings is 1. The number of sulfonamides is 1. The summed E-state index contributed by atoms with van der Waals surface area (Å²) in [7, 11) is -2.10. The van der Waals surface area contributed by atoms with Crippen molar-refractivity contribution >= 4 is 21.9 Å². The number of nitrogens with one attached hydrogen (secondary N) is 2. The average molecular weight is 287 g/mol. The maximum absolute atomic E-state index is 11.6. The third kappa shape index (κ3) is 4.64. The highest BCUT2D eigenvalue weighted by molar-refractivity contribution is 7.89. The topological polar surface area (TPSA) is 125 Å². The fourth-order valence-corrected chi connectivity index (χ4v) is 1.72. The molecule has 0 saturated heterocycles. The normalized spacial score (nSPS) is 11.0. The van der Waals surface area contributed by atoms with Gasteiger partial charge >= 0.3 is 5.97 Å². The van der Waals surface area contributed by atoms with E-state index in [0.717, 1.165) is 6.20 Å². The van der Waals surface area contributed by atoms with Gasteiger partial charge < -0.3 is 10.4 Å². The van der Waals surface area contributed by atoms with Crippen LogP contribution in [-0.2, 0) is 10.0 Å². The number of carboxylic acids is 1. The first-order valence-corrected chi connectivity index (χ1v) is 6.89. The van der Waals surface area contributed by atoms with E-state index in [1.165, 1.54) is 19.2 Å². The molecule has 1 amide bonds. The van der Waals surface area contributed by atoms with E-state index in [1.807, 2.05) is 0 Å². The maximum Gasteiger partial charge on any atom is 0.337 e. The molecule has 0 radical (unpaired) electrons. The van der Waals surface area contributed by atoms with Crippen LogP contribution in [0.1, 0.15) is 20.8 Å². The Balaban J connectivity index is 2.57. The molecule has 0 fully saturated rings. The van der Waals surface area contributed by atoms with E-state index in [-0.39, 0.29) is 23.6 Å². The molecule has 0 aliphatic heterocycles. The molecule has 104 valence electrons. The fourth-order valence-electron chi connectivity index (χ4n) is 1.15. The number of amides is 1. The number of hydrogen-bond acceptors (Lipinski definition) is 5. The summed E-state index contributed by atoms with van der Waals surface area (Å²) in [6.07, 6.45) is 1.06. The molecule has 0 aliphatic rings. The van der Waals surface area contributed by atoms with Gasteiger partial charge in [-0.05, 0) is 19.2 Å². The van der Waals surface area contributed by atoms with Crippen LogP contribution in [-0.4, -0.2) is 49.7 Å². The quantitative estimate of drug-likeness (QED) is 0.620. The summed E-state index contributed by atoms with van der Waals surface area (Å²) in [6.45, 7) is -0.0651. The molecule has 1 heterocycles. The van der Waals surface area contributed by atoms with E-state index >= 15 is 0 Å². The van der Waals surface area contributed by atoms with Gasteiger partial charge in [0.2, 0.25) is 10.0 Å². The molecule has 8 nitrogen and oxygen atoms in total. The Morgan fingerprint density at radius 3 is 2.53 bits per heavy atom. The van der Waals surface area contributed by atoms with Crippen molar-refractivity contribution in [2.75, 3.05) is 19.3 Å². The van der Waals surface area contributed by atoms with E-state index < -0.39 is 21.9 Å². The summed E-state index contributed by atoms with van der Waals surface area (Å²) < 4.78 is 24.3. The minimum Gasteiger partial charge on any atom is -0.478 e. The molecule has 0 aliphatic carbocycles. The molecule has 0 saturated carbocycles. The van der Waals surface area contributed by atoms with Crippen LogP contribution in [0.15, 0.2) is 18.3 Å². The first-order valence-electron chi connectivity index (χ1n) is 5.24. The highest BCUT2D eigenvalue weighted by Crippen LogP contribution is 2.00. The predicted octanol–water partition coefficient (Wildman–Crippen LogP) is -0.941. The summed E-state index contributed by atoms with van der Waals surface area (Å²) in [5, 5.41) is 11.0. The molecule has 3 N–H and O–H groups in total. The van der Waals surface area contributed by atoms with Crippen LogP contribution in [0.5, 0.6) is 0 Å². The number of carbonyl (C=O) groups excluding carboxylic acids is 1. The van der Waals surface area contributed by atoms with Gasteiger partial charge in [-0.25, -0.2) is 17.9 Å². The van der Waals surface area contributed by atoms with Gasteiger partial charge in [-0.3, -0.25) is 9.78 Å². The lowest BCUT2D eigenvalue weighted by molar-refractivity contribution is 0.0695. The van der Waals surface area contributed by atoms with Crippen molar-refractivity contribution in [3.8, 4) is 0 Å². The Hall–Kier alpha value is -2.00. The van der Waals surface area contributed by atoms with Crippen molar-refractivity contribution in [2.45, 2.75) is 0 Å². The zero-order chi connectivity index (χ0) is 14.5. The van der Waals surface area contributed by atoms with Gasteiger partial charge in [-0.2, -0.15) is 0 Å². The summed E-state index contributed by atoms with van der Waals surface area (Å²) >= 11 is 0. The first-order chi connectivity index (χ1) is 8.85. The molecule has 19 heavy (non-hydrogen) atoms. The lowest BCUT2D eigenvalue weighted by Gasteiger charge is -2.05. The van der Waals surface area contributed by atoms with Crippen molar-refractivity contribution in [2.24, 2.45) is 0 Å². The summed E-state index contributed by atoms with van der Waals surface area (Å²) in [6, 6.07) is 2.50. The summed E-state index contributed by atoms with van der Waals surface area (Å²) in [4.78, 5) is 25.8. The average Bonchev–Trinajstić information content (AvgIpc) is 2.38. The number of rotatable bonds is 6. The Morgan fingerprint density at radius 1 is 1.37 bits per heavy atom. The predicted molar refractivity (Wildman–Crippen MR) is 66.4 cm³/mol. The molecule has 0 spiro atoms. The van der Waals surface area contributed by atoms with Gasteiger partial charge in [0.15, 0.2) is 0 Å². The highest BCUT2D eigenvalue weighted by atomic mass is 32.2. The van der Waals surface area contributed by atoms with E-state index in [0.29, 0.717) is 0 Å². The SMILES string of the molecule is CNS(=O)(=O)CCNC(=O)c1ccc(C(=O)O)cn1. The van der Waals surface area contributed by atoms with Crippen molar-refractivity contribution in [1.82, 2.24) is 15.0 Å². The Labute approximate surface area is 109 Å². The van der Waals surface area contributed by atoms with Crippen LogP contribution < -0.4 is 10.0 Å². The number of carboxylic acid groups (broad SMARTS) is 1. The molecule has 0 atom stereocenters. The van der Waals surface area contributed by atoms with Crippen LogP contribution in [0.25, 0.3) is 0 Å². The van der Waals surface area contributed by atoms with Crippen LogP contribution in [0, 0.1) is 0 Å². The van der Waals surface area contributed by atoms with Gasteiger partial charge in [-0.1, -0.05) is 0 Å². The number of nitrogens with zero attached hydrogens (tertiary/aromatic N) is 1. The molecule has 1 aromatic heterocycles. The molecule has 1 rings (SSSR count). The van der Waals surface area contributed by atoms with Crippen LogP contribution in [0.3, 0.4) is 0 Å². The Morgan fingerprint density at radius 2 is 2.05 bits per heavy atom. The second-order valence-electron chi connectivity index (χ2n) is 3.52. The molecular formula is C10H13N3O5S. The van der Waals surface area contributed by atoms with Gasteiger partial charge in [0.1, 0.15) is 5.69 Å². The Kier molecular flexibility index (Phi) is 4.95. The molecule has 0 unspecified atom stereocenters. The van der Waals surface area contributed by atoms with Crippen molar-refractivity contribution in [3.63, 3.8) is 0 Å². The van der Waals surface area contributed by atoms with Gasteiger partial charge in [0.05, 0.1) is 11.3 Å². The maximum atomic E-state index is 11.6. The molecule has 9 heteroatoms. The van der Waals surface area contributed by atoms with Gasteiger partial charge in [0, 0.05) is 12.7 Å². The van der Waals surface area contributed by atoms with E-state index in [2.05, 4.69) is 15.0 Å². The smallest absolute Gasteiger partial charge is 0.337 e. The minimum absolute atomic E-state index is 0.0202. The zero-order valence-electron chi connectivity index (χ0n) is 10.1. The van der Waals surface area contributed by atoms with E-state index in [9.17, 15) is 18.0 Å². The van der Waals surface area contributed by atoms with E-state index in [4.69, 9.17) is 5.11 Å². The molecule has 0 bridgehead atoms. The fraction of sp³-hybridized carbons (Fsp3) is 0.300. The third-order valence-corrected chi connectivity index (χ3v) is 3.57. The number of carbonyl (C=O) groups is 2. The van der Waals surface area contributed by atoms with Crippen LogP contribution in [0.2, 0.25) is 0 Å². The second kappa shape index (κ2) is 6.25. The number of aromatic nitrogens is 1. The van der Waals surface area contributed by atoms with Crippen LogP contribution in [0.4, 0.5) is 0 Å². The van der Waals surface area contributed by atoms with Crippen molar-refractivity contribution in [3.05, 3.63) is 29.6 Å². The lowest BCUT2D eigenvalue weighted by atomic mass is 10.2. The minimum atomic E-state index is -3.38. The number of aromatic carboxylic acids is 1. The molecule has 0 aromatic carbocycles. The zero-order valence-corrected chi connectivity index (χ0v) is 10.9. The number of hydrogen-bond donors (Lipinski definition) is 3. The molecule has 1 aromatic rings. The highest BCUT2D eigenvalue weighted by Gasteiger charge is 2.11. The van der Waals surface area contributed by atoms with Gasteiger partial charge in [-0.15, -0.1) is 0 Å². The van der Waals surface area contributed by atoms with Crippen molar-refractivity contribution < 1.29 is 23.1 Å². The van der Waals surface area contributed by atoms with Crippen LogP contribution >= 0.6 is 0 Å². The molecular weight excluding hydrogens is 274 g/mol. The van der Waals surface area contributed by atoms with Gasteiger partial charge in [0.25, 0.3) is 5.91 Å². The van der Waals surface area contributed by atoms with E-state index in [1.54, 1.807) is 0 Å². The summed E-state index contributed by atoms with van der Waals surface area (Å²) in [5.41, 5.74) is -0.0128.